The third-order valence-electron chi connectivity index (χ3n) is 1.12. The van der Waals surface area contributed by atoms with Gasteiger partial charge in [-0.05, 0) is 0 Å². The molecule has 0 fully saturated rings. The molecule has 0 saturated heterocycles. The van der Waals surface area contributed by atoms with E-state index in [1.54, 1.807) is 0 Å². The molecule has 0 aromatic rings. The Kier molecular flexibility index (Phi) is 35.0. The summed E-state index contributed by atoms with van der Waals surface area (Å²) < 4.78 is 0. The molecule has 0 amide bonds. The van der Waals surface area contributed by atoms with Crippen LogP contribution >= 0.6 is 32.7 Å². The molecule has 0 aromatic heterocycles. The fourth-order valence-corrected chi connectivity index (χ4v) is 0.631. The molecule has 14 heavy (non-hydrogen) atoms. The van der Waals surface area contributed by atoms with Crippen LogP contribution in [0.15, 0.2) is 0 Å². The second kappa shape index (κ2) is 23.8. The Morgan fingerprint density at radius 2 is 1.14 bits per heavy atom. The van der Waals surface area contributed by atoms with Crippen LogP contribution in [0.2, 0.25) is 0 Å². The van der Waals surface area contributed by atoms with Crippen LogP contribution in [0.3, 0.4) is 0 Å². The quantitative estimate of drug-likeness (QED) is 0.495. The van der Waals surface area contributed by atoms with Crippen molar-refractivity contribution >= 4 is 32.7 Å². The molecule has 0 aromatic carbocycles. The second-order valence-corrected chi connectivity index (χ2v) is 3.84. The number of halogens is 3. The van der Waals surface area contributed by atoms with Crippen molar-refractivity contribution in [1.29, 1.82) is 0 Å². The molecular weight excluding hydrogens is 293 g/mol. The van der Waals surface area contributed by atoms with Crippen molar-refractivity contribution in [2.24, 2.45) is 11.5 Å². The van der Waals surface area contributed by atoms with E-state index in [2.05, 4.69) is 10.6 Å². The molecule has 0 heterocycles. The van der Waals surface area contributed by atoms with Crippen LogP contribution in [0.1, 0.15) is 0 Å². The SMILES string of the molecule is Cl.NCCNCCNCCN.[Cl][Co][Cl]. The predicted molar refractivity (Wildman–Crippen MR) is 62.8 cm³/mol. The average Bonchev–Trinajstić information content (AvgIpc) is 2.13. The van der Waals surface area contributed by atoms with Crippen LogP contribution in [-0.2, 0) is 12.9 Å². The van der Waals surface area contributed by atoms with Crippen LogP contribution in [0.5, 0.6) is 0 Å². The summed E-state index contributed by atoms with van der Waals surface area (Å²) in [5.41, 5.74) is 10.5. The van der Waals surface area contributed by atoms with Gasteiger partial charge in [-0.25, -0.2) is 0 Å². The molecule has 0 radical (unpaired) electrons. The number of hydrogen-bond acceptors (Lipinski definition) is 4. The van der Waals surface area contributed by atoms with E-state index in [0.29, 0.717) is 26.0 Å². The van der Waals surface area contributed by atoms with Gasteiger partial charge in [0.2, 0.25) is 0 Å². The third kappa shape index (κ3) is 29.2. The summed E-state index contributed by atoms with van der Waals surface area (Å²) in [6, 6.07) is 0. The van der Waals surface area contributed by atoms with Crippen LogP contribution in [0, 0.1) is 0 Å². The Balaban J connectivity index is -0.000000267. The third-order valence-corrected chi connectivity index (χ3v) is 1.12. The molecular formula is C6H19Cl3CoN4. The minimum absolute atomic E-state index is 0. The minimum atomic E-state index is 0. The molecule has 6 N–H and O–H groups in total. The first-order valence-electron chi connectivity index (χ1n) is 3.98. The maximum absolute atomic E-state index is 5.27. The Bertz CT molecular complexity index is 74.1. The molecule has 0 bridgehead atoms. The number of rotatable bonds is 7. The van der Waals surface area contributed by atoms with Gasteiger partial charge in [0.25, 0.3) is 0 Å². The summed E-state index contributed by atoms with van der Waals surface area (Å²) in [5, 5.41) is 6.33. The van der Waals surface area contributed by atoms with Gasteiger partial charge in [0, 0.05) is 39.3 Å². The van der Waals surface area contributed by atoms with Crippen molar-refractivity contribution in [2.75, 3.05) is 39.3 Å². The summed E-state index contributed by atoms with van der Waals surface area (Å²) in [4.78, 5) is 0. The summed E-state index contributed by atoms with van der Waals surface area (Å²) >= 11 is 0.382. The topological polar surface area (TPSA) is 76.1 Å². The molecule has 8 heteroatoms. The molecule has 93 valence electrons. The molecule has 0 unspecified atom stereocenters. The Labute approximate surface area is 107 Å². The predicted octanol–water partition coefficient (Wildman–Crippen LogP) is -0.119. The molecule has 4 nitrogen and oxygen atoms in total. The van der Waals surface area contributed by atoms with E-state index in [9.17, 15) is 0 Å². The molecule has 0 aliphatic rings. The van der Waals surface area contributed by atoms with Crippen LogP contribution < -0.4 is 22.1 Å². The van der Waals surface area contributed by atoms with Crippen LogP contribution in [0.4, 0.5) is 0 Å². The monoisotopic (exact) mass is 311 g/mol. The molecule has 0 saturated carbocycles. The Hall–Kier alpha value is 1.22. The second-order valence-electron chi connectivity index (χ2n) is 2.12. The number of nitrogens with one attached hydrogen (secondary N) is 2. The zero-order chi connectivity index (χ0) is 10.4. The van der Waals surface area contributed by atoms with Gasteiger partial charge in [-0.2, -0.15) is 0 Å². The van der Waals surface area contributed by atoms with Crippen LogP contribution in [-0.4, -0.2) is 39.3 Å². The normalized spacial score (nSPS) is 8.86. The molecule has 0 atom stereocenters. The van der Waals surface area contributed by atoms with Gasteiger partial charge in [-0.15, -0.1) is 12.4 Å². The van der Waals surface area contributed by atoms with Crippen LogP contribution in [0.25, 0.3) is 0 Å². The van der Waals surface area contributed by atoms with E-state index in [4.69, 9.17) is 31.8 Å². The zero-order valence-electron chi connectivity index (χ0n) is 7.89. The van der Waals surface area contributed by atoms with Crippen molar-refractivity contribution in [3.63, 3.8) is 0 Å². The van der Waals surface area contributed by atoms with Crippen molar-refractivity contribution in [1.82, 2.24) is 10.6 Å². The van der Waals surface area contributed by atoms with Crippen molar-refractivity contribution in [2.45, 2.75) is 0 Å². The van der Waals surface area contributed by atoms with E-state index in [1.807, 2.05) is 0 Å². The van der Waals surface area contributed by atoms with E-state index in [1.165, 1.54) is 0 Å². The molecule has 0 aliphatic heterocycles. The van der Waals surface area contributed by atoms with Gasteiger partial charge in [0.05, 0.1) is 0 Å². The van der Waals surface area contributed by atoms with Crippen molar-refractivity contribution < 1.29 is 12.9 Å². The fourth-order valence-electron chi connectivity index (χ4n) is 0.631. The van der Waals surface area contributed by atoms with Gasteiger partial charge < -0.3 is 22.1 Å². The first-order chi connectivity index (χ1) is 6.33. The summed E-state index contributed by atoms with van der Waals surface area (Å²) in [6.45, 7) is 5.14. The number of hydrogen-bond donors (Lipinski definition) is 4. The maximum atomic E-state index is 5.27. The fraction of sp³-hybridized carbons (Fsp3) is 1.00. The van der Waals surface area contributed by atoms with Gasteiger partial charge >= 0.3 is 33.2 Å². The molecule has 0 spiro atoms. The van der Waals surface area contributed by atoms with Gasteiger partial charge in [0.1, 0.15) is 0 Å². The zero-order valence-corrected chi connectivity index (χ0v) is 11.3. The first kappa shape index (κ1) is 20.6. The average molecular weight is 313 g/mol. The number of nitrogens with two attached hydrogens (primary N) is 2. The first-order valence-corrected chi connectivity index (χ1v) is 6.85. The summed E-state index contributed by atoms with van der Waals surface area (Å²) in [5.74, 6) is 0. The van der Waals surface area contributed by atoms with E-state index >= 15 is 0 Å². The summed E-state index contributed by atoms with van der Waals surface area (Å²) in [7, 11) is 9.47. The van der Waals surface area contributed by atoms with E-state index in [0.717, 1.165) is 26.2 Å². The Morgan fingerprint density at radius 1 is 0.857 bits per heavy atom. The van der Waals surface area contributed by atoms with Gasteiger partial charge in [-0.1, -0.05) is 0 Å². The van der Waals surface area contributed by atoms with E-state index < -0.39 is 0 Å². The summed E-state index contributed by atoms with van der Waals surface area (Å²) in [6.07, 6.45) is 0. The van der Waals surface area contributed by atoms with Gasteiger partial charge in [0.15, 0.2) is 0 Å². The standard InChI is InChI=1S/C6H18N4.3ClH.Co/c7-1-3-9-5-6-10-4-2-8;;;;/h9-10H,1-8H2;3*1H;/q;;;;+2/p-2. The van der Waals surface area contributed by atoms with E-state index in [-0.39, 0.29) is 12.4 Å². The Morgan fingerprint density at radius 3 is 1.36 bits per heavy atom. The molecule has 0 rings (SSSR count). The van der Waals surface area contributed by atoms with Crippen molar-refractivity contribution in [3.05, 3.63) is 0 Å². The van der Waals surface area contributed by atoms with Crippen molar-refractivity contribution in [3.8, 4) is 0 Å². The van der Waals surface area contributed by atoms with Gasteiger partial charge in [-0.3, -0.25) is 0 Å². The molecule has 0 aliphatic carbocycles.